The summed E-state index contributed by atoms with van der Waals surface area (Å²) in [5, 5.41) is 4.60. The van der Waals surface area contributed by atoms with Crippen LogP contribution in [0.4, 0.5) is 18.3 Å². The molecule has 0 saturated heterocycles. The van der Waals surface area contributed by atoms with Crippen LogP contribution in [-0.2, 0) is 6.18 Å². The first-order chi connectivity index (χ1) is 13.8. The Kier molecular flexibility index (Phi) is 4.97. The number of anilines is 1. The SMILES string of the molecule is O=C(Nc1nc(-c2ccccc2Cl)cs1)c1cnc2ccccc2c1C(F)(F)F. The number of amides is 1. The molecule has 9 heteroatoms. The third kappa shape index (κ3) is 3.81. The van der Waals surface area contributed by atoms with Gasteiger partial charge in [0, 0.05) is 27.5 Å². The van der Waals surface area contributed by atoms with E-state index in [9.17, 15) is 18.0 Å². The van der Waals surface area contributed by atoms with Crippen molar-refractivity contribution in [2.75, 3.05) is 5.32 Å². The van der Waals surface area contributed by atoms with E-state index in [4.69, 9.17) is 11.6 Å². The van der Waals surface area contributed by atoms with Gasteiger partial charge in [-0.15, -0.1) is 11.3 Å². The number of nitrogens with one attached hydrogen (secondary N) is 1. The van der Waals surface area contributed by atoms with Crippen LogP contribution in [0.25, 0.3) is 22.2 Å². The number of thiazole rings is 1. The summed E-state index contributed by atoms with van der Waals surface area (Å²) in [5.41, 5.74) is -0.251. The fraction of sp³-hybridized carbons (Fsp3) is 0.0500. The predicted octanol–water partition coefficient (Wildman–Crippen LogP) is 6.28. The Morgan fingerprint density at radius 1 is 1.07 bits per heavy atom. The molecule has 0 spiro atoms. The van der Waals surface area contributed by atoms with Crippen LogP contribution >= 0.6 is 22.9 Å². The first kappa shape index (κ1) is 19.4. The quantitative estimate of drug-likeness (QED) is 0.413. The summed E-state index contributed by atoms with van der Waals surface area (Å²) in [6.07, 6.45) is -3.79. The minimum atomic E-state index is -4.72. The molecule has 0 radical (unpaired) electrons. The molecule has 29 heavy (non-hydrogen) atoms. The van der Waals surface area contributed by atoms with Crippen LogP contribution in [0.15, 0.2) is 60.1 Å². The average molecular weight is 434 g/mol. The van der Waals surface area contributed by atoms with Crippen molar-refractivity contribution in [1.29, 1.82) is 0 Å². The van der Waals surface area contributed by atoms with E-state index in [-0.39, 0.29) is 16.0 Å². The summed E-state index contributed by atoms with van der Waals surface area (Å²) in [7, 11) is 0. The highest BCUT2D eigenvalue weighted by Crippen LogP contribution is 2.37. The van der Waals surface area contributed by atoms with Crippen molar-refractivity contribution in [2.24, 2.45) is 0 Å². The van der Waals surface area contributed by atoms with Gasteiger partial charge in [-0.3, -0.25) is 15.1 Å². The Morgan fingerprint density at radius 2 is 1.79 bits per heavy atom. The maximum Gasteiger partial charge on any atom is 0.417 e. The predicted molar refractivity (Wildman–Crippen MR) is 107 cm³/mol. The molecule has 146 valence electrons. The smallest absolute Gasteiger partial charge is 0.298 e. The number of carbonyl (C=O) groups is 1. The van der Waals surface area contributed by atoms with Crippen LogP contribution in [0.3, 0.4) is 0 Å². The lowest BCUT2D eigenvalue weighted by Crippen LogP contribution is -2.19. The van der Waals surface area contributed by atoms with Gasteiger partial charge in [0.1, 0.15) is 0 Å². The van der Waals surface area contributed by atoms with E-state index in [0.717, 1.165) is 17.5 Å². The fourth-order valence-electron chi connectivity index (χ4n) is 2.91. The maximum absolute atomic E-state index is 13.7. The molecule has 2 heterocycles. The standard InChI is InChI=1S/C20H11ClF3N3OS/c21-14-7-3-1-5-11(14)16-10-29-19(26-16)27-18(28)13-9-25-15-8-4-2-6-12(15)17(13)20(22,23)24/h1-10H,(H,26,27,28). The highest BCUT2D eigenvalue weighted by molar-refractivity contribution is 7.14. The molecule has 0 bridgehead atoms. The summed E-state index contributed by atoms with van der Waals surface area (Å²) >= 11 is 7.23. The van der Waals surface area contributed by atoms with E-state index in [0.29, 0.717) is 16.3 Å². The number of para-hydroxylation sites is 1. The molecule has 0 aliphatic heterocycles. The Bertz CT molecular complexity index is 1220. The molecule has 4 rings (SSSR count). The second kappa shape index (κ2) is 7.46. The van der Waals surface area contributed by atoms with Gasteiger partial charge in [0.15, 0.2) is 5.13 Å². The van der Waals surface area contributed by atoms with Gasteiger partial charge in [-0.2, -0.15) is 13.2 Å². The number of pyridine rings is 1. The molecule has 4 nitrogen and oxygen atoms in total. The van der Waals surface area contributed by atoms with Crippen LogP contribution in [-0.4, -0.2) is 15.9 Å². The maximum atomic E-state index is 13.7. The number of alkyl halides is 3. The zero-order valence-corrected chi connectivity index (χ0v) is 16.1. The summed E-state index contributed by atoms with van der Waals surface area (Å²) in [6, 6.07) is 12.8. The minimum Gasteiger partial charge on any atom is -0.298 e. The van der Waals surface area contributed by atoms with Gasteiger partial charge >= 0.3 is 6.18 Å². The second-order valence-electron chi connectivity index (χ2n) is 6.03. The molecular formula is C20H11ClF3N3OS. The number of hydrogen-bond donors (Lipinski definition) is 1. The van der Waals surface area contributed by atoms with Crippen molar-refractivity contribution in [3.8, 4) is 11.3 Å². The first-order valence-electron chi connectivity index (χ1n) is 8.31. The Labute approximate surface area is 172 Å². The van der Waals surface area contributed by atoms with Crippen LogP contribution in [0.1, 0.15) is 15.9 Å². The molecule has 4 aromatic rings. The second-order valence-corrected chi connectivity index (χ2v) is 7.30. The van der Waals surface area contributed by atoms with Gasteiger partial charge in [0.2, 0.25) is 0 Å². The summed E-state index contributed by atoms with van der Waals surface area (Å²) in [6.45, 7) is 0. The molecule has 1 amide bonds. The van der Waals surface area contributed by atoms with Gasteiger partial charge in [-0.25, -0.2) is 4.98 Å². The Balaban J connectivity index is 1.70. The van der Waals surface area contributed by atoms with E-state index in [2.05, 4.69) is 15.3 Å². The number of nitrogens with zero attached hydrogens (tertiary/aromatic N) is 2. The van der Waals surface area contributed by atoms with E-state index < -0.39 is 23.2 Å². The number of hydrogen-bond acceptors (Lipinski definition) is 4. The van der Waals surface area contributed by atoms with Gasteiger partial charge in [-0.1, -0.05) is 48.0 Å². The van der Waals surface area contributed by atoms with E-state index in [1.165, 1.54) is 18.2 Å². The summed E-state index contributed by atoms with van der Waals surface area (Å²) < 4.78 is 41.1. The molecule has 0 aliphatic rings. The zero-order chi connectivity index (χ0) is 20.6. The number of fused-ring (bicyclic) bond motifs is 1. The van der Waals surface area contributed by atoms with Crippen molar-refractivity contribution < 1.29 is 18.0 Å². The molecule has 0 unspecified atom stereocenters. The molecule has 0 saturated carbocycles. The lowest BCUT2D eigenvalue weighted by molar-refractivity contribution is -0.136. The Hall–Kier alpha value is -2.97. The number of benzene rings is 2. The first-order valence-corrected chi connectivity index (χ1v) is 9.57. The monoisotopic (exact) mass is 433 g/mol. The number of aromatic nitrogens is 2. The van der Waals surface area contributed by atoms with Crippen molar-refractivity contribution in [2.45, 2.75) is 6.18 Å². The van der Waals surface area contributed by atoms with Gasteiger partial charge < -0.3 is 0 Å². The van der Waals surface area contributed by atoms with Crippen molar-refractivity contribution in [3.05, 3.63) is 76.3 Å². The third-order valence-corrected chi connectivity index (χ3v) is 5.27. The topological polar surface area (TPSA) is 54.9 Å². The van der Waals surface area contributed by atoms with Gasteiger partial charge in [-0.05, 0) is 12.1 Å². The fourth-order valence-corrected chi connectivity index (χ4v) is 3.85. The highest BCUT2D eigenvalue weighted by atomic mass is 35.5. The van der Waals surface area contributed by atoms with E-state index >= 15 is 0 Å². The highest BCUT2D eigenvalue weighted by Gasteiger charge is 2.37. The lowest BCUT2D eigenvalue weighted by atomic mass is 10.0. The number of rotatable bonds is 3. The van der Waals surface area contributed by atoms with Crippen molar-refractivity contribution in [1.82, 2.24) is 9.97 Å². The van der Waals surface area contributed by atoms with E-state index in [1.54, 1.807) is 35.7 Å². The number of halogens is 4. The van der Waals surface area contributed by atoms with Crippen LogP contribution < -0.4 is 5.32 Å². The van der Waals surface area contributed by atoms with Crippen molar-refractivity contribution >= 4 is 44.9 Å². The summed E-state index contributed by atoms with van der Waals surface area (Å²) in [4.78, 5) is 20.9. The molecule has 0 fully saturated rings. The largest absolute Gasteiger partial charge is 0.417 e. The Morgan fingerprint density at radius 3 is 2.55 bits per heavy atom. The molecular weight excluding hydrogens is 423 g/mol. The van der Waals surface area contributed by atoms with Crippen LogP contribution in [0.5, 0.6) is 0 Å². The normalized spacial score (nSPS) is 11.6. The van der Waals surface area contributed by atoms with Crippen LogP contribution in [0, 0.1) is 0 Å². The average Bonchev–Trinajstić information content (AvgIpc) is 3.14. The minimum absolute atomic E-state index is 0.136. The lowest BCUT2D eigenvalue weighted by Gasteiger charge is -2.14. The molecule has 0 atom stereocenters. The summed E-state index contributed by atoms with van der Waals surface area (Å²) in [5.74, 6) is -0.935. The van der Waals surface area contributed by atoms with Gasteiger partial charge in [0.05, 0.1) is 22.3 Å². The van der Waals surface area contributed by atoms with Gasteiger partial charge in [0.25, 0.3) is 5.91 Å². The molecule has 1 N–H and O–H groups in total. The van der Waals surface area contributed by atoms with E-state index in [1.807, 2.05) is 0 Å². The molecule has 2 aromatic heterocycles. The van der Waals surface area contributed by atoms with Crippen molar-refractivity contribution in [3.63, 3.8) is 0 Å². The van der Waals surface area contributed by atoms with Crippen LogP contribution in [0.2, 0.25) is 5.02 Å². The zero-order valence-electron chi connectivity index (χ0n) is 14.5. The third-order valence-electron chi connectivity index (χ3n) is 4.18. The number of carbonyl (C=O) groups excluding carboxylic acids is 1. The molecule has 0 aliphatic carbocycles. The molecule has 2 aromatic carbocycles.